The van der Waals surface area contributed by atoms with Gasteiger partial charge in [-0.2, -0.15) is 0 Å². The number of benzene rings is 1. The third kappa shape index (κ3) is 3.37. The minimum absolute atomic E-state index is 0.155. The maximum Gasteiger partial charge on any atom is 0.219 e. The van der Waals surface area contributed by atoms with Crippen molar-refractivity contribution >= 4 is 33.2 Å². The van der Waals surface area contributed by atoms with Gasteiger partial charge in [0.1, 0.15) is 5.82 Å². The number of anilines is 2. The largest absolute Gasteiger partial charge is 0.397 e. The van der Waals surface area contributed by atoms with Gasteiger partial charge in [-0.3, -0.25) is 4.79 Å². The second kappa shape index (κ2) is 5.16. The van der Waals surface area contributed by atoms with Crippen molar-refractivity contribution in [2.45, 2.75) is 19.4 Å². The first-order valence-corrected chi connectivity index (χ1v) is 5.48. The van der Waals surface area contributed by atoms with Crippen LogP contribution in [0, 0.1) is 5.82 Å². The van der Waals surface area contributed by atoms with E-state index < -0.39 is 11.7 Å². The minimum atomic E-state index is -0.425. The Kier molecular flexibility index (Phi) is 4.12. The summed E-state index contributed by atoms with van der Waals surface area (Å²) in [6, 6.07) is 2.59. The van der Waals surface area contributed by atoms with Gasteiger partial charge in [0.25, 0.3) is 0 Å². The van der Waals surface area contributed by atoms with E-state index in [2.05, 4.69) is 21.2 Å². The lowest BCUT2D eigenvalue weighted by Crippen LogP contribution is -2.24. The summed E-state index contributed by atoms with van der Waals surface area (Å²) in [4.78, 5) is 10.7. The molecule has 88 valence electrons. The first-order chi connectivity index (χ1) is 7.40. The van der Waals surface area contributed by atoms with Gasteiger partial charge in [-0.1, -0.05) is 0 Å². The Labute approximate surface area is 101 Å². The van der Waals surface area contributed by atoms with Gasteiger partial charge in [-0.25, -0.2) is 4.39 Å². The monoisotopic (exact) mass is 289 g/mol. The summed E-state index contributed by atoms with van der Waals surface area (Å²) in [6.07, 6.45) is 0.189. The zero-order valence-corrected chi connectivity index (χ0v) is 10.3. The fourth-order valence-corrected chi connectivity index (χ4v) is 1.65. The molecule has 0 aliphatic carbocycles. The molecule has 1 aromatic carbocycles. The number of amides is 1. The molecule has 1 unspecified atom stereocenters. The quantitative estimate of drug-likeness (QED) is 0.740. The molecule has 0 bridgehead atoms. The number of carbonyl (C=O) groups excluding carboxylic acids is 1. The molecule has 6 heteroatoms. The summed E-state index contributed by atoms with van der Waals surface area (Å²) >= 11 is 3.06. The van der Waals surface area contributed by atoms with Gasteiger partial charge >= 0.3 is 0 Å². The van der Waals surface area contributed by atoms with E-state index in [1.54, 1.807) is 6.92 Å². The van der Waals surface area contributed by atoms with Crippen LogP contribution >= 0.6 is 15.9 Å². The average molecular weight is 290 g/mol. The molecule has 0 heterocycles. The highest BCUT2D eigenvalue weighted by Gasteiger charge is 2.10. The van der Waals surface area contributed by atoms with Crippen LogP contribution in [0.2, 0.25) is 0 Å². The molecular weight excluding hydrogens is 277 g/mol. The van der Waals surface area contributed by atoms with Crippen molar-refractivity contribution < 1.29 is 9.18 Å². The topological polar surface area (TPSA) is 81.1 Å². The third-order valence-corrected chi connectivity index (χ3v) is 2.61. The maximum absolute atomic E-state index is 13.1. The molecule has 0 aromatic heterocycles. The number of rotatable bonds is 4. The van der Waals surface area contributed by atoms with Gasteiger partial charge in [0.15, 0.2) is 0 Å². The zero-order chi connectivity index (χ0) is 12.3. The second-order valence-corrected chi connectivity index (χ2v) is 4.42. The Bertz CT molecular complexity index is 411. The van der Waals surface area contributed by atoms with E-state index >= 15 is 0 Å². The SMILES string of the molecule is CC(CC(N)=O)Nc1cc(Br)c(F)cc1N. The smallest absolute Gasteiger partial charge is 0.219 e. The Morgan fingerprint density at radius 3 is 2.81 bits per heavy atom. The Morgan fingerprint density at radius 1 is 1.62 bits per heavy atom. The first kappa shape index (κ1) is 12.8. The molecule has 1 atom stereocenters. The minimum Gasteiger partial charge on any atom is -0.397 e. The van der Waals surface area contributed by atoms with E-state index in [1.165, 1.54) is 12.1 Å². The predicted molar refractivity (Wildman–Crippen MR) is 65.4 cm³/mol. The van der Waals surface area contributed by atoms with Crippen molar-refractivity contribution in [3.8, 4) is 0 Å². The number of nitrogens with two attached hydrogens (primary N) is 2. The molecule has 0 saturated heterocycles. The third-order valence-electron chi connectivity index (χ3n) is 2.00. The number of hydrogen-bond donors (Lipinski definition) is 3. The van der Waals surface area contributed by atoms with Crippen molar-refractivity contribution in [3.63, 3.8) is 0 Å². The Hall–Kier alpha value is -1.30. The molecule has 0 radical (unpaired) electrons. The number of carbonyl (C=O) groups is 1. The van der Waals surface area contributed by atoms with Gasteiger partial charge in [-0.15, -0.1) is 0 Å². The first-order valence-electron chi connectivity index (χ1n) is 4.69. The summed E-state index contributed by atoms with van der Waals surface area (Å²) in [7, 11) is 0. The molecular formula is C10H13BrFN3O. The molecule has 16 heavy (non-hydrogen) atoms. The van der Waals surface area contributed by atoms with Crippen LogP contribution in [-0.4, -0.2) is 11.9 Å². The molecule has 1 aromatic rings. The normalized spacial score (nSPS) is 12.2. The highest BCUT2D eigenvalue weighted by atomic mass is 79.9. The summed E-state index contributed by atoms with van der Waals surface area (Å²) in [5, 5.41) is 2.99. The molecule has 0 aliphatic rings. The summed E-state index contributed by atoms with van der Waals surface area (Å²) in [6.45, 7) is 1.79. The van der Waals surface area contributed by atoms with Crippen LogP contribution in [0.25, 0.3) is 0 Å². The van der Waals surface area contributed by atoms with Crippen molar-refractivity contribution in [2.75, 3.05) is 11.1 Å². The van der Waals surface area contributed by atoms with Gasteiger partial charge < -0.3 is 16.8 Å². The Morgan fingerprint density at radius 2 is 2.25 bits per heavy atom. The summed E-state index contributed by atoms with van der Waals surface area (Å²) in [5.41, 5.74) is 11.5. The number of nitrogens with one attached hydrogen (secondary N) is 1. The van der Waals surface area contributed by atoms with E-state index in [4.69, 9.17) is 11.5 Å². The molecule has 5 N–H and O–H groups in total. The second-order valence-electron chi connectivity index (χ2n) is 3.57. The van der Waals surface area contributed by atoms with E-state index in [-0.39, 0.29) is 18.2 Å². The molecule has 0 fully saturated rings. The van der Waals surface area contributed by atoms with Crippen molar-refractivity contribution in [3.05, 3.63) is 22.4 Å². The van der Waals surface area contributed by atoms with Gasteiger partial charge in [0.2, 0.25) is 5.91 Å². The number of primary amides is 1. The van der Waals surface area contributed by atoms with Gasteiger partial charge in [-0.05, 0) is 28.9 Å². The van der Waals surface area contributed by atoms with E-state index in [0.717, 1.165) is 0 Å². The van der Waals surface area contributed by atoms with Crippen LogP contribution in [0.5, 0.6) is 0 Å². The number of nitrogen functional groups attached to an aromatic ring is 1. The van der Waals surface area contributed by atoms with E-state index in [0.29, 0.717) is 10.2 Å². The van der Waals surface area contributed by atoms with Crippen LogP contribution < -0.4 is 16.8 Å². The number of hydrogen-bond acceptors (Lipinski definition) is 3. The van der Waals surface area contributed by atoms with Crippen molar-refractivity contribution in [1.82, 2.24) is 0 Å². The van der Waals surface area contributed by atoms with Crippen LogP contribution in [0.15, 0.2) is 16.6 Å². The van der Waals surface area contributed by atoms with E-state index in [1.807, 2.05) is 0 Å². The van der Waals surface area contributed by atoms with Crippen molar-refractivity contribution in [1.29, 1.82) is 0 Å². The lowest BCUT2D eigenvalue weighted by Gasteiger charge is -2.15. The molecule has 1 amide bonds. The molecule has 0 spiro atoms. The molecule has 0 aliphatic heterocycles. The van der Waals surface area contributed by atoms with Crippen LogP contribution in [0.1, 0.15) is 13.3 Å². The molecule has 1 rings (SSSR count). The van der Waals surface area contributed by atoms with Gasteiger partial charge in [0.05, 0.1) is 15.8 Å². The fourth-order valence-electron chi connectivity index (χ4n) is 1.31. The molecule has 4 nitrogen and oxygen atoms in total. The van der Waals surface area contributed by atoms with Crippen LogP contribution in [0.4, 0.5) is 15.8 Å². The van der Waals surface area contributed by atoms with Crippen LogP contribution in [-0.2, 0) is 4.79 Å². The lowest BCUT2D eigenvalue weighted by atomic mass is 10.2. The van der Waals surface area contributed by atoms with Crippen molar-refractivity contribution in [2.24, 2.45) is 5.73 Å². The highest BCUT2D eigenvalue weighted by Crippen LogP contribution is 2.27. The predicted octanol–water partition coefficient (Wildman–Crippen LogP) is 1.85. The molecule has 0 saturated carbocycles. The average Bonchev–Trinajstić information content (AvgIpc) is 2.12. The maximum atomic E-state index is 13.1. The lowest BCUT2D eigenvalue weighted by molar-refractivity contribution is -0.118. The zero-order valence-electron chi connectivity index (χ0n) is 8.76. The van der Waals surface area contributed by atoms with E-state index in [9.17, 15) is 9.18 Å². The highest BCUT2D eigenvalue weighted by molar-refractivity contribution is 9.10. The fraction of sp³-hybridized carbons (Fsp3) is 0.300. The summed E-state index contributed by atoms with van der Waals surface area (Å²) < 4.78 is 13.4. The number of halogens is 2. The van der Waals surface area contributed by atoms with Crippen LogP contribution in [0.3, 0.4) is 0 Å². The Balaban J connectivity index is 2.81. The summed E-state index contributed by atoms with van der Waals surface area (Å²) in [5.74, 6) is -0.828. The van der Waals surface area contributed by atoms with Gasteiger partial charge in [0, 0.05) is 18.5 Å². The standard InChI is InChI=1S/C10H13BrFN3O/c1-5(2-10(14)16)15-9-3-6(11)7(12)4-8(9)13/h3-5,15H,2,13H2,1H3,(H2,14,16).